The van der Waals surface area contributed by atoms with Gasteiger partial charge in [0.05, 0.1) is 6.33 Å². The molecule has 1 atom stereocenters. The number of hydrogen-bond acceptors (Lipinski definition) is 4. The van der Waals surface area contributed by atoms with Gasteiger partial charge in [0, 0.05) is 31.9 Å². The third kappa shape index (κ3) is 2.51. The summed E-state index contributed by atoms with van der Waals surface area (Å²) in [6.07, 6.45) is 4.80. The van der Waals surface area contributed by atoms with Crippen LogP contribution in [-0.4, -0.2) is 41.4 Å². The minimum absolute atomic E-state index is 0.0632. The summed E-state index contributed by atoms with van der Waals surface area (Å²) in [5, 5.41) is 0.119. The molecule has 0 spiro atoms. The van der Waals surface area contributed by atoms with Gasteiger partial charge < -0.3 is 10.3 Å². The number of piperidine rings is 1. The smallest absolute Gasteiger partial charge is 0.262 e. The molecule has 1 fully saturated rings. The van der Waals surface area contributed by atoms with Crippen molar-refractivity contribution < 1.29 is 8.42 Å². The predicted octanol–water partition coefficient (Wildman–Crippen LogP) is 0.0148. The first-order valence-electron chi connectivity index (χ1n) is 5.81. The molecule has 7 heteroatoms. The van der Waals surface area contributed by atoms with Gasteiger partial charge in [-0.25, -0.2) is 13.4 Å². The Morgan fingerprint density at radius 3 is 2.94 bits per heavy atom. The number of nitrogens with two attached hydrogens (primary N) is 1. The Morgan fingerprint density at radius 1 is 1.59 bits per heavy atom. The quantitative estimate of drug-likeness (QED) is 0.828. The molecule has 0 bridgehead atoms. The third-order valence-electron chi connectivity index (χ3n) is 3.00. The van der Waals surface area contributed by atoms with Crippen molar-refractivity contribution in [3.05, 3.63) is 12.5 Å². The number of nitrogens with zero attached hydrogens (tertiary/aromatic N) is 3. The molecule has 1 aromatic heterocycles. The minimum Gasteiger partial charge on any atom is -0.336 e. The van der Waals surface area contributed by atoms with E-state index in [1.807, 2.05) is 6.92 Å². The van der Waals surface area contributed by atoms with Gasteiger partial charge in [-0.2, -0.15) is 4.31 Å². The molecule has 1 saturated heterocycles. The molecule has 0 amide bonds. The molecule has 0 saturated carbocycles. The predicted molar refractivity (Wildman–Crippen MR) is 63.9 cm³/mol. The second-order valence-corrected chi connectivity index (χ2v) is 6.19. The highest BCUT2D eigenvalue weighted by Gasteiger charge is 2.30. The van der Waals surface area contributed by atoms with Crippen LogP contribution in [0.25, 0.3) is 0 Å². The van der Waals surface area contributed by atoms with Crippen LogP contribution in [-0.2, 0) is 16.6 Å². The molecule has 2 N–H and O–H groups in total. The van der Waals surface area contributed by atoms with E-state index < -0.39 is 10.0 Å². The van der Waals surface area contributed by atoms with E-state index in [1.165, 1.54) is 10.6 Å². The van der Waals surface area contributed by atoms with Crippen molar-refractivity contribution >= 4 is 10.0 Å². The molecule has 6 nitrogen and oxygen atoms in total. The van der Waals surface area contributed by atoms with E-state index in [1.54, 1.807) is 10.8 Å². The normalized spacial score (nSPS) is 22.8. The summed E-state index contributed by atoms with van der Waals surface area (Å²) < 4.78 is 27.7. The summed E-state index contributed by atoms with van der Waals surface area (Å²) in [7, 11) is -3.46. The Labute approximate surface area is 101 Å². The average Bonchev–Trinajstić information content (AvgIpc) is 2.78. The van der Waals surface area contributed by atoms with Crippen LogP contribution in [0.1, 0.15) is 19.8 Å². The Kier molecular flexibility index (Phi) is 3.50. The van der Waals surface area contributed by atoms with Gasteiger partial charge in [0.25, 0.3) is 10.0 Å². The maximum Gasteiger partial charge on any atom is 0.262 e. The molecule has 0 aromatic carbocycles. The first-order valence-corrected chi connectivity index (χ1v) is 7.25. The van der Waals surface area contributed by atoms with Crippen molar-refractivity contribution in [1.29, 1.82) is 0 Å². The maximum atomic E-state index is 12.3. The zero-order valence-corrected chi connectivity index (χ0v) is 10.7. The van der Waals surface area contributed by atoms with Crippen molar-refractivity contribution in [3.63, 3.8) is 0 Å². The van der Waals surface area contributed by atoms with Crippen molar-refractivity contribution in [1.82, 2.24) is 13.9 Å². The fourth-order valence-corrected chi connectivity index (χ4v) is 3.44. The van der Waals surface area contributed by atoms with Crippen LogP contribution in [0.4, 0.5) is 0 Å². The molecule has 2 heterocycles. The summed E-state index contributed by atoms with van der Waals surface area (Å²) in [5.74, 6) is 0. The molecule has 0 unspecified atom stereocenters. The Morgan fingerprint density at radius 2 is 2.35 bits per heavy atom. The van der Waals surface area contributed by atoms with Gasteiger partial charge in [0.15, 0.2) is 5.03 Å². The molecule has 17 heavy (non-hydrogen) atoms. The molecular weight excluding hydrogens is 240 g/mol. The standard InChI is InChI=1S/C10H18N4O2S/c1-2-13-7-10(12-8-13)17(15,16)14-5-3-4-9(11)6-14/h7-9H,2-6,11H2,1H3/t9-/m1/s1. The number of rotatable bonds is 3. The number of imidazole rings is 1. The third-order valence-corrected chi connectivity index (χ3v) is 4.75. The van der Waals surface area contributed by atoms with Gasteiger partial charge in [-0.1, -0.05) is 0 Å². The van der Waals surface area contributed by atoms with Crippen LogP contribution >= 0.6 is 0 Å². The lowest BCUT2D eigenvalue weighted by Gasteiger charge is -2.29. The largest absolute Gasteiger partial charge is 0.336 e. The number of aromatic nitrogens is 2. The van der Waals surface area contributed by atoms with E-state index in [4.69, 9.17) is 5.73 Å². The molecule has 1 aliphatic heterocycles. The average molecular weight is 258 g/mol. The van der Waals surface area contributed by atoms with Crippen LogP contribution in [0.3, 0.4) is 0 Å². The molecule has 2 rings (SSSR count). The summed E-state index contributed by atoms with van der Waals surface area (Å²) in [6, 6.07) is -0.0632. The molecular formula is C10H18N4O2S. The topological polar surface area (TPSA) is 81.2 Å². The van der Waals surface area contributed by atoms with Crippen LogP contribution in [0.5, 0.6) is 0 Å². The van der Waals surface area contributed by atoms with Gasteiger partial charge in [-0.3, -0.25) is 0 Å². The zero-order valence-electron chi connectivity index (χ0n) is 9.91. The Balaban J connectivity index is 2.23. The summed E-state index contributed by atoms with van der Waals surface area (Å²) in [4.78, 5) is 3.95. The highest BCUT2D eigenvalue weighted by Crippen LogP contribution is 2.18. The lowest BCUT2D eigenvalue weighted by Crippen LogP contribution is -2.45. The Bertz CT molecular complexity index is 482. The first-order chi connectivity index (χ1) is 8.04. The van der Waals surface area contributed by atoms with Gasteiger partial charge in [0.2, 0.25) is 0 Å². The van der Waals surface area contributed by atoms with E-state index in [2.05, 4.69) is 4.98 Å². The lowest BCUT2D eigenvalue weighted by molar-refractivity contribution is 0.315. The van der Waals surface area contributed by atoms with E-state index in [0.29, 0.717) is 19.6 Å². The van der Waals surface area contributed by atoms with Gasteiger partial charge in [0.1, 0.15) is 0 Å². The second-order valence-electron chi connectivity index (χ2n) is 4.31. The maximum absolute atomic E-state index is 12.3. The summed E-state index contributed by atoms with van der Waals surface area (Å²) >= 11 is 0. The highest BCUT2D eigenvalue weighted by molar-refractivity contribution is 7.89. The van der Waals surface area contributed by atoms with Gasteiger partial charge in [-0.05, 0) is 19.8 Å². The molecule has 1 aliphatic rings. The minimum atomic E-state index is -3.46. The summed E-state index contributed by atoms with van der Waals surface area (Å²) in [6.45, 7) is 3.58. The van der Waals surface area contributed by atoms with Crippen LogP contribution in [0.15, 0.2) is 17.6 Å². The monoisotopic (exact) mass is 258 g/mol. The number of sulfonamides is 1. The van der Waals surface area contributed by atoms with E-state index >= 15 is 0 Å². The first kappa shape index (κ1) is 12.5. The van der Waals surface area contributed by atoms with E-state index in [-0.39, 0.29) is 11.1 Å². The molecule has 0 radical (unpaired) electrons. The summed E-state index contributed by atoms with van der Waals surface area (Å²) in [5.41, 5.74) is 5.80. The van der Waals surface area contributed by atoms with Crippen molar-refractivity contribution in [3.8, 4) is 0 Å². The zero-order chi connectivity index (χ0) is 12.5. The van der Waals surface area contributed by atoms with E-state index in [9.17, 15) is 8.42 Å². The fourth-order valence-electron chi connectivity index (χ4n) is 1.97. The van der Waals surface area contributed by atoms with Crippen LogP contribution in [0, 0.1) is 0 Å². The second kappa shape index (κ2) is 4.75. The number of aryl methyl sites for hydroxylation is 1. The molecule has 96 valence electrons. The number of hydrogen-bond donors (Lipinski definition) is 1. The fraction of sp³-hybridized carbons (Fsp3) is 0.700. The van der Waals surface area contributed by atoms with Crippen molar-refractivity contribution in [2.45, 2.75) is 37.4 Å². The van der Waals surface area contributed by atoms with Gasteiger partial charge in [-0.15, -0.1) is 0 Å². The lowest BCUT2D eigenvalue weighted by atomic mass is 10.1. The van der Waals surface area contributed by atoms with Gasteiger partial charge >= 0.3 is 0 Å². The highest BCUT2D eigenvalue weighted by atomic mass is 32.2. The molecule has 1 aromatic rings. The van der Waals surface area contributed by atoms with E-state index in [0.717, 1.165) is 12.8 Å². The Hall–Kier alpha value is -0.920. The van der Waals surface area contributed by atoms with Crippen molar-refractivity contribution in [2.24, 2.45) is 5.73 Å². The molecule has 0 aliphatic carbocycles. The SMILES string of the molecule is CCn1cnc(S(=O)(=O)N2CCC[C@@H](N)C2)c1. The van der Waals surface area contributed by atoms with Crippen LogP contribution < -0.4 is 5.73 Å². The van der Waals surface area contributed by atoms with Crippen LogP contribution in [0.2, 0.25) is 0 Å². The van der Waals surface area contributed by atoms with Crippen molar-refractivity contribution in [2.75, 3.05) is 13.1 Å².